The van der Waals surface area contributed by atoms with E-state index in [4.69, 9.17) is 0 Å². The van der Waals surface area contributed by atoms with Gasteiger partial charge in [-0.05, 0) is 20.9 Å². The molecule has 0 radical (unpaired) electrons. The molecule has 0 aromatic carbocycles. The fourth-order valence-electron chi connectivity index (χ4n) is 1.35. The van der Waals surface area contributed by atoms with E-state index in [2.05, 4.69) is 34.8 Å². The van der Waals surface area contributed by atoms with Crippen molar-refractivity contribution >= 4 is 21.7 Å². The van der Waals surface area contributed by atoms with E-state index in [1.165, 1.54) is 0 Å². The first-order valence-electron chi connectivity index (χ1n) is 3.86. The van der Waals surface area contributed by atoms with Crippen molar-refractivity contribution in [2.45, 2.75) is 30.6 Å². The Labute approximate surface area is 76.1 Å². The van der Waals surface area contributed by atoms with Crippen LogP contribution in [0.4, 0.5) is 0 Å². The summed E-state index contributed by atoms with van der Waals surface area (Å²) < 4.78 is -0.311. The fourth-order valence-corrected chi connectivity index (χ4v) is 1.91. The number of piperidine rings is 1. The van der Waals surface area contributed by atoms with Gasteiger partial charge in [0.1, 0.15) is 0 Å². The molecule has 1 heterocycles. The average Bonchev–Trinajstić information content (AvgIpc) is 1.83. The van der Waals surface area contributed by atoms with E-state index in [0.717, 1.165) is 6.54 Å². The Morgan fingerprint density at radius 1 is 1.73 bits per heavy atom. The number of halogens is 1. The highest BCUT2D eigenvalue weighted by molar-refractivity contribution is 9.10. The molecular weight excluding hydrogens is 206 g/mol. The zero-order chi connectivity index (χ0) is 8.65. The lowest BCUT2D eigenvalue weighted by Gasteiger charge is -2.37. The van der Waals surface area contributed by atoms with E-state index in [0.29, 0.717) is 18.2 Å². The molecule has 1 saturated heterocycles. The number of hydrogen-bond acceptors (Lipinski definition) is 2. The summed E-state index contributed by atoms with van der Waals surface area (Å²) in [6.07, 6.45) is 0.665. The SMILES string of the molecule is CC1CC(=O)C(C)(Br)CN1C. The normalized spacial score (nSPS) is 41.1. The fraction of sp³-hybridized carbons (Fsp3) is 0.875. The van der Waals surface area contributed by atoms with E-state index >= 15 is 0 Å². The number of Topliss-reactive ketones (excluding diaryl/α,β-unsaturated/α-hetero) is 1. The number of carbonyl (C=O) groups excluding carboxylic acids is 1. The Morgan fingerprint density at radius 3 is 2.73 bits per heavy atom. The summed E-state index contributed by atoms with van der Waals surface area (Å²) >= 11 is 3.43. The molecule has 1 aliphatic heterocycles. The number of carbonyl (C=O) groups is 1. The Bertz CT molecular complexity index is 179. The second kappa shape index (κ2) is 2.87. The van der Waals surface area contributed by atoms with Gasteiger partial charge in [0.2, 0.25) is 0 Å². The number of ketones is 1. The smallest absolute Gasteiger partial charge is 0.152 e. The van der Waals surface area contributed by atoms with Gasteiger partial charge in [-0.3, -0.25) is 4.79 Å². The van der Waals surface area contributed by atoms with Crippen molar-refractivity contribution in [2.24, 2.45) is 0 Å². The van der Waals surface area contributed by atoms with E-state index in [-0.39, 0.29) is 4.32 Å². The lowest BCUT2D eigenvalue weighted by Crippen LogP contribution is -2.51. The molecule has 1 rings (SSSR count). The van der Waals surface area contributed by atoms with Crippen molar-refractivity contribution in [3.8, 4) is 0 Å². The molecule has 11 heavy (non-hydrogen) atoms. The highest BCUT2D eigenvalue weighted by Gasteiger charge is 2.37. The topological polar surface area (TPSA) is 20.3 Å². The molecule has 0 amide bonds. The molecule has 1 aliphatic rings. The summed E-state index contributed by atoms with van der Waals surface area (Å²) in [5, 5.41) is 0. The number of nitrogens with zero attached hydrogens (tertiary/aromatic N) is 1. The highest BCUT2D eigenvalue weighted by Crippen LogP contribution is 2.27. The molecule has 0 aliphatic carbocycles. The minimum absolute atomic E-state index is 0.311. The molecule has 0 aromatic rings. The first-order valence-corrected chi connectivity index (χ1v) is 4.65. The van der Waals surface area contributed by atoms with Crippen LogP contribution in [0.25, 0.3) is 0 Å². The maximum atomic E-state index is 11.4. The van der Waals surface area contributed by atoms with Gasteiger partial charge in [-0.25, -0.2) is 0 Å². The minimum Gasteiger partial charge on any atom is -0.301 e. The van der Waals surface area contributed by atoms with Gasteiger partial charge >= 0.3 is 0 Å². The van der Waals surface area contributed by atoms with Crippen molar-refractivity contribution in [2.75, 3.05) is 13.6 Å². The Kier molecular flexibility index (Phi) is 2.40. The molecule has 3 heteroatoms. The molecular formula is C8H14BrNO. The number of likely N-dealkylation sites (tertiary alicyclic amines) is 1. The van der Waals surface area contributed by atoms with Gasteiger partial charge in [-0.1, -0.05) is 15.9 Å². The quantitative estimate of drug-likeness (QED) is 0.575. The van der Waals surface area contributed by atoms with Crippen LogP contribution in [-0.4, -0.2) is 34.6 Å². The maximum Gasteiger partial charge on any atom is 0.152 e. The second-order valence-corrected chi connectivity index (χ2v) is 5.34. The van der Waals surface area contributed by atoms with E-state index in [1.54, 1.807) is 0 Å². The standard InChI is InChI=1S/C8H14BrNO/c1-6-4-7(11)8(2,9)5-10(6)3/h6H,4-5H2,1-3H3. The van der Waals surface area contributed by atoms with Crippen LogP contribution >= 0.6 is 15.9 Å². The third-order valence-electron chi connectivity index (χ3n) is 2.36. The van der Waals surface area contributed by atoms with Crippen LogP contribution in [0.2, 0.25) is 0 Å². The summed E-state index contributed by atoms with van der Waals surface area (Å²) in [6, 6.07) is 0.396. The van der Waals surface area contributed by atoms with Crippen LogP contribution in [0, 0.1) is 0 Å². The lowest BCUT2D eigenvalue weighted by molar-refractivity contribution is -0.124. The molecule has 1 fully saturated rings. The predicted octanol–water partition coefficient (Wildman–Crippen LogP) is 1.43. The summed E-state index contributed by atoms with van der Waals surface area (Å²) in [7, 11) is 2.05. The van der Waals surface area contributed by atoms with Crippen LogP contribution < -0.4 is 0 Å². The van der Waals surface area contributed by atoms with Crippen LogP contribution in [-0.2, 0) is 4.79 Å². The zero-order valence-electron chi connectivity index (χ0n) is 7.22. The van der Waals surface area contributed by atoms with Crippen molar-refractivity contribution in [3.63, 3.8) is 0 Å². The maximum absolute atomic E-state index is 11.4. The van der Waals surface area contributed by atoms with Crippen LogP contribution in [0.1, 0.15) is 20.3 Å². The largest absolute Gasteiger partial charge is 0.301 e. The molecule has 2 atom stereocenters. The van der Waals surface area contributed by atoms with Crippen LogP contribution in [0.5, 0.6) is 0 Å². The number of rotatable bonds is 0. The summed E-state index contributed by atoms with van der Waals surface area (Å²) in [6.45, 7) is 4.84. The molecule has 2 unspecified atom stereocenters. The van der Waals surface area contributed by atoms with E-state index in [1.807, 2.05) is 6.92 Å². The van der Waals surface area contributed by atoms with Crippen molar-refractivity contribution < 1.29 is 4.79 Å². The Balaban J connectivity index is 2.71. The first kappa shape index (κ1) is 9.20. The molecule has 0 aromatic heterocycles. The predicted molar refractivity (Wildman–Crippen MR) is 49.0 cm³/mol. The molecule has 0 N–H and O–H groups in total. The van der Waals surface area contributed by atoms with Gasteiger partial charge < -0.3 is 4.90 Å². The van der Waals surface area contributed by atoms with Gasteiger partial charge in [0, 0.05) is 19.0 Å². The van der Waals surface area contributed by atoms with E-state index in [9.17, 15) is 4.79 Å². The van der Waals surface area contributed by atoms with Crippen LogP contribution in [0.15, 0.2) is 0 Å². The van der Waals surface area contributed by atoms with Crippen molar-refractivity contribution in [3.05, 3.63) is 0 Å². The molecule has 0 saturated carbocycles. The lowest BCUT2D eigenvalue weighted by atomic mass is 9.94. The van der Waals surface area contributed by atoms with Gasteiger partial charge in [0.05, 0.1) is 4.32 Å². The molecule has 0 bridgehead atoms. The molecule has 2 nitrogen and oxygen atoms in total. The molecule has 0 spiro atoms. The van der Waals surface area contributed by atoms with Gasteiger partial charge in [0.25, 0.3) is 0 Å². The highest BCUT2D eigenvalue weighted by atomic mass is 79.9. The molecule has 64 valence electrons. The van der Waals surface area contributed by atoms with E-state index < -0.39 is 0 Å². The summed E-state index contributed by atoms with van der Waals surface area (Å²) in [5.74, 6) is 0.322. The van der Waals surface area contributed by atoms with Crippen LogP contribution in [0.3, 0.4) is 0 Å². The van der Waals surface area contributed by atoms with Crippen molar-refractivity contribution in [1.82, 2.24) is 4.90 Å². The third-order valence-corrected chi connectivity index (χ3v) is 3.05. The van der Waals surface area contributed by atoms with Gasteiger partial charge in [0.15, 0.2) is 5.78 Å². The van der Waals surface area contributed by atoms with Gasteiger partial charge in [-0.2, -0.15) is 0 Å². The summed E-state index contributed by atoms with van der Waals surface area (Å²) in [4.78, 5) is 13.6. The monoisotopic (exact) mass is 219 g/mol. The number of hydrogen-bond donors (Lipinski definition) is 0. The second-order valence-electron chi connectivity index (χ2n) is 3.59. The Morgan fingerprint density at radius 2 is 2.27 bits per heavy atom. The first-order chi connectivity index (χ1) is 4.93. The average molecular weight is 220 g/mol. The summed E-state index contributed by atoms with van der Waals surface area (Å²) in [5.41, 5.74) is 0. The Hall–Kier alpha value is 0.110. The van der Waals surface area contributed by atoms with Gasteiger partial charge in [-0.15, -0.1) is 0 Å². The number of alkyl halides is 1. The van der Waals surface area contributed by atoms with Crippen molar-refractivity contribution in [1.29, 1.82) is 0 Å². The minimum atomic E-state index is -0.311. The third kappa shape index (κ3) is 1.82. The zero-order valence-corrected chi connectivity index (χ0v) is 8.81.